The van der Waals surface area contributed by atoms with Crippen LogP contribution in [-0.4, -0.2) is 52.9 Å². The molecule has 1 aliphatic rings. The highest BCUT2D eigenvalue weighted by atomic mass is 32.1. The number of aromatic nitrogens is 2. The lowest BCUT2D eigenvalue weighted by Gasteiger charge is -2.34. The summed E-state index contributed by atoms with van der Waals surface area (Å²) in [6, 6.07) is 0. The molecule has 0 bridgehead atoms. The summed E-state index contributed by atoms with van der Waals surface area (Å²) in [5.41, 5.74) is 5.33. The van der Waals surface area contributed by atoms with Crippen LogP contribution in [0.1, 0.15) is 5.82 Å². The Morgan fingerprint density at radius 1 is 1.44 bits per heavy atom. The quantitative estimate of drug-likeness (QED) is 0.752. The maximum atomic E-state index is 11.4. The van der Waals surface area contributed by atoms with E-state index in [2.05, 4.69) is 14.3 Å². The molecule has 1 aromatic rings. The number of nitrogens with two attached hydrogens (primary N) is 1. The Morgan fingerprint density at radius 2 is 2.12 bits per heavy atom. The summed E-state index contributed by atoms with van der Waals surface area (Å²) >= 11 is 1.41. The standard InChI is InChI=1S/C9H15N5OS/c1-7-11-9(16-12-7)14-4-2-13(3-5-14)8(15)6-10/h2-6,10H2,1H3. The minimum Gasteiger partial charge on any atom is -0.343 e. The number of anilines is 1. The van der Waals surface area contributed by atoms with Gasteiger partial charge in [-0.3, -0.25) is 4.79 Å². The van der Waals surface area contributed by atoms with Gasteiger partial charge in [0.15, 0.2) is 0 Å². The molecule has 1 aromatic heterocycles. The third kappa shape index (κ3) is 2.30. The molecule has 2 rings (SSSR count). The summed E-state index contributed by atoms with van der Waals surface area (Å²) < 4.78 is 4.15. The van der Waals surface area contributed by atoms with E-state index in [-0.39, 0.29) is 12.5 Å². The molecular formula is C9H15N5OS. The summed E-state index contributed by atoms with van der Waals surface area (Å²) in [5, 5.41) is 0.942. The molecule has 0 atom stereocenters. The SMILES string of the molecule is Cc1nsc(N2CCN(C(=O)CN)CC2)n1. The van der Waals surface area contributed by atoms with Crippen molar-refractivity contribution in [1.82, 2.24) is 14.3 Å². The van der Waals surface area contributed by atoms with Gasteiger partial charge in [0.1, 0.15) is 5.82 Å². The minimum atomic E-state index is 0.0214. The molecule has 88 valence electrons. The Morgan fingerprint density at radius 3 is 2.62 bits per heavy atom. The van der Waals surface area contributed by atoms with Gasteiger partial charge in [0.25, 0.3) is 0 Å². The van der Waals surface area contributed by atoms with Gasteiger partial charge in [-0.2, -0.15) is 4.37 Å². The van der Waals surface area contributed by atoms with E-state index in [0.29, 0.717) is 13.1 Å². The molecule has 7 heteroatoms. The number of nitrogens with zero attached hydrogens (tertiary/aromatic N) is 4. The van der Waals surface area contributed by atoms with Crippen molar-refractivity contribution in [3.8, 4) is 0 Å². The van der Waals surface area contributed by atoms with Crippen LogP contribution in [0.25, 0.3) is 0 Å². The second-order valence-corrected chi connectivity index (χ2v) is 4.43. The number of aryl methyl sites for hydroxylation is 1. The molecule has 2 heterocycles. The van der Waals surface area contributed by atoms with Crippen molar-refractivity contribution < 1.29 is 4.79 Å². The lowest BCUT2D eigenvalue weighted by molar-refractivity contribution is -0.129. The van der Waals surface area contributed by atoms with E-state index in [1.807, 2.05) is 6.92 Å². The van der Waals surface area contributed by atoms with Gasteiger partial charge in [-0.1, -0.05) is 0 Å². The second kappa shape index (κ2) is 4.75. The zero-order valence-electron chi connectivity index (χ0n) is 9.22. The van der Waals surface area contributed by atoms with Gasteiger partial charge in [0, 0.05) is 37.7 Å². The molecule has 0 unspecified atom stereocenters. The molecule has 0 spiro atoms. The number of piperazine rings is 1. The first kappa shape index (κ1) is 11.3. The molecule has 0 radical (unpaired) electrons. The number of hydrogen-bond donors (Lipinski definition) is 1. The number of hydrogen-bond acceptors (Lipinski definition) is 6. The molecular weight excluding hydrogens is 226 g/mol. The Balaban J connectivity index is 1.92. The molecule has 0 saturated carbocycles. The summed E-state index contributed by atoms with van der Waals surface area (Å²) in [4.78, 5) is 19.7. The van der Waals surface area contributed by atoms with Crippen molar-refractivity contribution in [1.29, 1.82) is 0 Å². The smallest absolute Gasteiger partial charge is 0.236 e. The molecule has 0 aromatic carbocycles. The Kier molecular flexibility index (Phi) is 3.35. The fraction of sp³-hybridized carbons (Fsp3) is 0.667. The largest absolute Gasteiger partial charge is 0.343 e. The number of rotatable bonds is 2. The molecule has 6 nitrogen and oxygen atoms in total. The number of amides is 1. The van der Waals surface area contributed by atoms with E-state index in [9.17, 15) is 4.79 Å². The van der Waals surface area contributed by atoms with Crippen molar-refractivity contribution in [2.24, 2.45) is 5.73 Å². The molecule has 2 N–H and O–H groups in total. The Bertz CT molecular complexity index is 372. The monoisotopic (exact) mass is 241 g/mol. The van der Waals surface area contributed by atoms with Crippen molar-refractivity contribution in [2.75, 3.05) is 37.6 Å². The molecule has 0 aliphatic carbocycles. The van der Waals surface area contributed by atoms with Crippen LogP contribution < -0.4 is 10.6 Å². The zero-order chi connectivity index (χ0) is 11.5. The maximum Gasteiger partial charge on any atom is 0.236 e. The van der Waals surface area contributed by atoms with Gasteiger partial charge < -0.3 is 15.5 Å². The summed E-state index contributed by atoms with van der Waals surface area (Å²) in [5.74, 6) is 0.827. The maximum absolute atomic E-state index is 11.4. The first-order valence-electron chi connectivity index (χ1n) is 5.24. The number of carbonyl (C=O) groups is 1. The van der Waals surface area contributed by atoms with Crippen molar-refractivity contribution >= 4 is 22.6 Å². The highest BCUT2D eigenvalue weighted by Crippen LogP contribution is 2.18. The third-order valence-corrected chi connectivity index (χ3v) is 3.46. The molecule has 1 aliphatic heterocycles. The molecule has 1 saturated heterocycles. The second-order valence-electron chi connectivity index (χ2n) is 3.70. The Hall–Kier alpha value is -1.21. The van der Waals surface area contributed by atoms with Crippen LogP contribution in [0.15, 0.2) is 0 Å². The first-order valence-corrected chi connectivity index (χ1v) is 6.01. The average molecular weight is 241 g/mol. The van der Waals surface area contributed by atoms with E-state index < -0.39 is 0 Å². The fourth-order valence-corrected chi connectivity index (χ4v) is 2.42. The topological polar surface area (TPSA) is 75.4 Å². The van der Waals surface area contributed by atoms with Crippen LogP contribution in [0.4, 0.5) is 5.13 Å². The van der Waals surface area contributed by atoms with Crippen molar-refractivity contribution in [2.45, 2.75) is 6.92 Å². The van der Waals surface area contributed by atoms with E-state index in [1.165, 1.54) is 11.5 Å². The van der Waals surface area contributed by atoms with Gasteiger partial charge in [0.05, 0.1) is 6.54 Å². The van der Waals surface area contributed by atoms with Crippen LogP contribution >= 0.6 is 11.5 Å². The highest BCUT2D eigenvalue weighted by molar-refractivity contribution is 7.09. The molecule has 16 heavy (non-hydrogen) atoms. The van der Waals surface area contributed by atoms with Gasteiger partial charge in [0.2, 0.25) is 11.0 Å². The van der Waals surface area contributed by atoms with Gasteiger partial charge in [-0.05, 0) is 6.92 Å². The predicted molar refractivity (Wildman–Crippen MR) is 62.5 cm³/mol. The van der Waals surface area contributed by atoms with Crippen LogP contribution in [-0.2, 0) is 4.79 Å². The number of carbonyl (C=O) groups excluding carboxylic acids is 1. The van der Waals surface area contributed by atoms with Gasteiger partial charge in [-0.25, -0.2) is 4.98 Å². The van der Waals surface area contributed by atoms with Crippen LogP contribution in [0, 0.1) is 6.92 Å². The Labute approximate surface area is 98.2 Å². The first-order chi connectivity index (χ1) is 7.70. The van der Waals surface area contributed by atoms with Gasteiger partial charge >= 0.3 is 0 Å². The average Bonchev–Trinajstić information content (AvgIpc) is 2.75. The van der Waals surface area contributed by atoms with E-state index >= 15 is 0 Å². The summed E-state index contributed by atoms with van der Waals surface area (Å²) in [6.45, 7) is 5.02. The van der Waals surface area contributed by atoms with Crippen LogP contribution in [0.5, 0.6) is 0 Å². The lowest BCUT2D eigenvalue weighted by atomic mass is 10.3. The van der Waals surface area contributed by atoms with Crippen molar-refractivity contribution in [3.63, 3.8) is 0 Å². The lowest BCUT2D eigenvalue weighted by Crippen LogP contribution is -2.50. The van der Waals surface area contributed by atoms with Crippen LogP contribution in [0.2, 0.25) is 0 Å². The molecule has 1 amide bonds. The summed E-state index contributed by atoms with van der Waals surface area (Å²) in [6.07, 6.45) is 0. The van der Waals surface area contributed by atoms with E-state index in [1.54, 1.807) is 4.90 Å². The highest BCUT2D eigenvalue weighted by Gasteiger charge is 2.21. The minimum absolute atomic E-state index is 0.0214. The van der Waals surface area contributed by atoms with E-state index in [4.69, 9.17) is 5.73 Å². The normalized spacial score (nSPS) is 16.6. The third-order valence-electron chi connectivity index (χ3n) is 2.59. The van der Waals surface area contributed by atoms with Crippen molar-refractivity contribution in [3.05, 3.63) is 5.82 Å². The predicted octanol–water partition coefficient (Wildman–Crippen LogP) is -0.546. The van der Waals surface area contributed by atoms with Crippen LogP contribution in [0.3, 0.4) is 0 Å². The summed E-state index contributed by atoms with van der Waals surface area (Å²) in [7, 11) is 0. The zero-order valence-corrected chi connectivity index (χ0v) is 10.0. The molecule has 1 fully saturated rings. The van der Waals surface area contributed by atoms with Gasteiger partial charge in [-0.15, -0.1) is 0 Å². The van der Waals surface area contributed by atoms with E-state index in [0.717, 1.165) is 24.0 Å². The fourth-order valence-electron chi connectivity index (χ4n) is 1.69.